The number of hydrogen-bond donors (Lipinski definition) is 0. The lowest BCUT2D eigenvalue weighted by atomic mass is 10.4. The Morgan fingerprint density at radius 1 is 1.37 bits per heavy atom. The summed E-state index contributed by atoms with van der Waals surface area (Å²) < 4.78 is 1.33. The Morgan fingerprint density at radius 2 is 2.26 bits per heavy atom. The summed E-state index contributed by atoms with van der Waals surface area (Å²) in [5.41, 5.74) is -0.152. The van der Waals surface area contributed by atoms with E-state index in [9.17, 15) is 4.79 Å². The van der Waals surface area contributed by atoms with E-state index in [1.807, 2.05) is 17.3 Å². The maximum Gasteiger partial charge on any atom is 0.275 e. The van der Waals surface area contributed by atoms with Crippen molar-refractivity contribution < 1.29 is 0 Å². The molecule has 0 aliphatic rings. The summed E-state index contributed by atoms with van der Waals surface area (Å²) in [5, 5.41) is 8.13. The van der Waals surface area contributed by atoms with Crippen LogP contribution in [0.2, 0.25) is 0 Å². The Morgan fingerprint density at radius 3 is 3.00 bits per heavy atom. The zero-order chi connectivity index (χ0) is 13.2. The van der Waals surface area contributed by atoms with Gasteiger partial charge in [0.15, 0.2) is 0 Å². The molecule has 0 N–H and O–H groups in total. The number of rotatable bonds is 4. The van der Waals surface area contributed by atoms with E-state index in [4.69, 9.17) is 0 Å². The number of likely N-dealkylation sites (N-methyl/N-ethyl adjacent to an activating group) is 1. The lowest BCUT2D eigenvalue weighted by Gasteiger charge is -2.13. The fourth-order valence-corrected chi connectivity index (χ4v) is 3.10. The first-order valence-corrected chi connectivity index (χ1v) is 7.38. The lowest BCUT2D eigenvalue weighted by Crippen LogP contribution is -2.21. The molecule has 0 saturated heterocycles. The van der Waals surface area contributed by atoms with Crippen LogP contribution in [0.3, 0.4) is 0 Å². The van der Waals surface area contributed by atoms with E-state index in [-0.39, 0.29) is 5.56 Å². The number of hydrogen-bond acceptors (Lipinski definition) is 7. The van der Waals surface area contributed by atoms with Crippen LogP contribution in [0.5, 0.6) is 0 Å². The van der Waals surface area contributed by atoms with Crippen LogP contribution in [-0.2, 0) is 6.42 Å². The Kier molecular flexibility index (Phi) is 3.26. The molecule has 0 radical (unpaired) electrons. The average Bonchev–Trinajstić information content (AvgIpc) is 3.05. The largest absolute Gasteiger partial charge is 0.349 e. The summed E-state index contributed by atoms with van der Waals surface area (Å²) >= 11 is 3.05. The molecule has 0 unspecified atom stereocenters. The first-order valence-electron chi connectivity index (χ1n) is 5.68. The molecule has 8 heteroatoms. The number of thiazole rings is 1. The molecule has 6 nitrogen and oxygen atoms in total. The van der Waals surface area contributed by atoms with Crippen molar-refractivity contribution in [1.29, 1.82) is 0 Å². The SMILES string of the molecule is CN(CCc1nccs1)c1nn2c(=O)ccnc2s1. The Hall–Kier alpha value is -1.80. The smallest absolute Gasteiger partial charge is 0.275 e. The van der Waals surface area contributed by atoms with Crippen molar-refractivity contribution in [2.24, 2.45) is 0 Å². The van der Waals surface area contributed by atoms with Gasteiger partial charge in [-0.3, -0.25) is 4.79 Å². The van der Waals surface area contributed by atoms with Crippen molar-refractivity contribution in [2.45, 2.75) is 6.42 Å². The third-order valence-corrected chi connectivity index (χ3v) is 4.51. The number of aromatic nitrogens is 4. The van der Waals surface area contributed by atoms with Crippen LogP contribution in [0.25, 0.3) is 4.96 Å². The molecular weight excluding hydrogens is 282 g/mol. The van der Waals surface area contributed by atoms with Crippen molar-refractivity contribution in [1.82, 2.24) is 19.6 Å². The normalized spacial score (nSPS) is 11.0. The van der Waals surface area contributed by atoms with Gasteiger partial charge in [0.1, 0.15) is 0 Å². The van der Waals surface area contributed by atoms with Crippen LogP contribution in [0, 0.1) is 0 Å². The molecule has 0 spiro atoms. The van der Waals surface area contributed by atoms with Crippen LogP contribution in [-0.4, -0.2) is 33.2 Å². The quantitative estimate of drug-likeness (QED) is 0.725. The fourth-order valence-electron chi connectivity index (χ4n) is 1.62. The second-order valence-corrected chi connectivity index (χ2v) is 5.87. The molecule has 3 rings (SSSR count). The predicted octanol–water partition coefficient (Wildman–Crippen LogP) is 1.29. The van der Waals surface area contributed by atoms with Crippen LogP contribution in [0.1, 0.15) is 5.01 Å². The standard InChI is InChI=1S/C11H11N5OS2/c1-15(6-3-8-12-5-7-18-8)11-14-16-9(17)2-4-13-10(16)19-11/h2,4-5,7H,3,6H2,1H3. The number of nitrogens with zero attached hydrogens (tertiary/aromatic N) is 5. The molecule has 19 heavy (non-hydrogen) atoms. The summed E-state index contributed by atoms with van der Waals surface area (Å²) in [4.78, 5) is 22.6. The Bertz CT molecular complexity index is 733. The molecule has 3 aromatic heterocycles. The van der Waals surface area contributed by atoms with Gasteiger partial charge in [-0.25, -0.2) is 9.97 Å². The van der Waals surface area contributed by atoms with Crippen molar-refractivity contribution >= 4 is 32.8 Å². The molecule has 0 saturated carbocycles. The van der Waals surface area contributed by atoms with Crippen molar-refractivity contribution in [3.05, 3.63) is 39.2 Å². The van der Waals surface area contributed by atoms with Crippen molar-refractivity contribution in [2.75, 3.05) is 18.5 Å². The molecule has 0 amide bonds. The molecule has 0 aromatic carbocycles. The van der Waals surface area contributed by atoms with E-state index in [2.05, 4.69) is 15.1 Å². The van der Waals surface area contributed by atoms with Crippen LogP contribution in [0.15, 0.2) is 28.6 Å². The minimum atomic E-state index is -0.152. The van der Waals surface area contributed by atoms with E-state index in [0.717, 1.165) is 23.1 Å². The third-order valence-electron chi connectivity index (χ3n) is 2.63. The van der Waals surface area contributed by atoms with Gasteiger partial charge in [-0.2, -0.15) is 4.52 Å². The zero-order valence-electron chi connectivity index (χ0n) is 10.2. The van der Waals surface area contributed by atoms with Crippen LogP contribution in [0.4, 0.5) is 5.13 Å². The maximum atomic E-state index is 11.6. The Labute approximate surface area is 117 Å². The molecule has 3 aromatic rings. The van der Waals surface area contributed by atoms with Crippen molar-refractivity contribution in [3.63, 3.8) is 0 Å². The zero-order valence-corrected chi connectivity index (χ0v) is 11.8. The van der Waals surface area contributed by atoms with Gasteiger partial charge in [0.2, 0.25) is 10.1 Å². The molecule has 0 aliphatic heterocycles. The van der Waals surface area contributed by atoms with Gasteiger partial charge in [-0.15, -0.1) is 16.4 Å². The first kappa shape index (κ1) is 12.2. The van der Waals surface area contributed by atoms with Gasteiger partial charge < -0.3 is 4.90 Å². The van der Waals surface area contributed by atoms with Gasteiger partial charge >= 0.3 is 0 Å². The molecule has 0 bridgehead atoms. The molecule has 3 heterocycles. The van der Waals surface area contributed by atoms with Gasteiger partial charge in [-0.05, 0) is 0 Å². The number of fused-ring (bicyclic) bond motifs is 1. The molecule has 0 atom stereocenters. The highest BCUT2D eigenvalue weighted by Gasteiger charge is 2.10. The topological polar surface area (TPSA) is 63.4 Å². The monoisotopic (exact) mass is 293 g/mol. The summed E-state index contributed by atoms with van der Waals surface area (Å²) in [5.74, 6) is 0. The predicted molar refractivity (Wildman–Crippen MR) is 76.2 cm³/mol. The van der Waals surface area contributed by atoms with Crippen molar-refractivity contribution in [3.8, 4) is 0 Å². The second kappa shape index (κ2) is 5.06. The third kappa shape index (κ3) is 2.49. The minimum absolute atomic E-state index is 0.152. The fraction of sp³-hybridized carbons (Fsp3) is 0.273. The van der Waals surface area contributed by atoms with E-state index in [0.29, 0.717) is 4.96 Å². The van der Waals surface area contributed by atoms with E-state index in [1.165, 1.54) is 28.1 Å². The maximum absolute atomic E-state index is 11.6. The minimum Gasteiger partial charge on any atom is -0.349 e. The van der Waals surface area contributed by atoms with E-state index < -0.39 is 0 Å². The summed E-state index contributed by atoms with van der Waals surface area (Å²) in [7, 11) is 1.95. The lowest BCUT2D eigenvalue weighted by molar-refractivity contribution is 0.826. The number of anilines is 1. The van der Waals surface area contributed by atoms with Crippen LogP contribution >= 0.6 is 22.7 Å². The van der Waals surface area contributed by atoms with Gasteiger partial charge in [0.25, 0.3) is 5.56 Å². The van der Waals surface area contributed by atoms with E-state index >= 15 is 0 Å². The molecule has 98 valence electrons. The van der Waals surface area contributed by atoms with E-state index in [1.54, 1.807) is 17.5 Å². The highest BCUT2D eigenvalue weighted by Crippen LogP contribution is 2.20. The highest BCUT2D eigenvalue weighted by atomic mass is 32.1. The summed E-state index contributed by atoms with van der Waals surface area (Å²) in [6.45, 7) is 0.808. The highest BCUT2D eigenvalue weighted by molar-refractivity contribution is 7.20. The molecular formula is C11H11N5OS2. The molecule has 0 aliphatic carbocycles. The summed E-state index contributed by atoms with van der Waals surface area (Å²) in [6.07, 6.45) is 4.18. The molecule has 0 fully saturated rings. The summed E-state index contributed by atoms with van der Waals surface area (Å²) in [6, 6.07) is 1.41. The second-order valence-electron chi connectivity index (χ2n) is 3.96. The van der Waals surface area contributed by atoms with Gasteiger partial charge in [0.05, 0.1) is 5.01 Å². The first-order chi connectivity index (χ1) is 9.24. The Balaban J connectivity index is 1.79. The van der Waals surface area contributed by atoms with Gasteiger partial charge in [0, 0.05) is 43.9 Å². The van der Waals surface area contributed by atoms with Gasteiger partial charge in [-0.1, -0.05) is 11.3 Å². The average molecular weight is 293 g/mol. The van der Waals surface area contributed by atoms with Crippen LogP contribution < -0.4 is 10.5 Å².